The molecule has 1 aliphatic rings. The van der Waals surface area contributed by atoms with Crippen LogP contribution >= 0.6 is 12.2 Å². The normalized spacial score (nSPS) is 15.6. The molecule has 0 atom stereocenters. The predicted octanol–water partition coefficient (Wildman–Crippen LogP) is 2.45. The molecule has 16 heavy (non-hydrogen) atoms. The van der Waals surface area contributed by atoms with Crippen molar-refractivity contribution in [1.82, 2.24) is 0 Å². The van der Waals surface area contributed by atoms with Crippen LogP contribution in [0.3, 0.4) is 0 Å². The number of rotatable bonds is 3. The molecule has 1 saturated carbocycles. The van der Waals surface area contributed by atoms with Crippen LogP contribution in [-0.4, -0.2) is 18.1 Å². The molecule has 0 heterocycles. The quantitative estimate of drug-likeness (QED) is 0.820. The van der Waals surface area contributed by atoms with Gasteiger partial charge in [0.15, 0.2) is 0 Å². The minimum Gasteiger partial charge on any atom is -0.389 e. The average molecular weight is 238 g/mol. The Morgan fingerprint density at radius 3 is 2.69 bits per heavy atom. The number of nitrogens with two attached hydrogens (primary N) is 1. The summed E-state index contributed by atoms with van der Waals surface area (Å²) in [4.78, 5) is 2.21. The van der Waals surface area contributed by atoms with Crippen molar-refractivity contribution in [1.29, 1.82) is 0 Å². The van der Waals surface area contributed by atoms with Gasteiger partial charge in [0.05, 0.1) is 5.56 Å². The summed E-state index contributed by atoms with van der Waals surface area (Å²) in [7, 11) is 1.97. The summed E-state index contributed by atoms with van der Waals surface area (Å²) >= 11 is 4.91. The summed E-state index contributed by atoms with van der Waals surface area (Å²) in [6, 6.07) is 5.46. The smallest absolute Gasteiger partial charge is 0.135 e. The summed E-state index contributed by atoms with van der Waals surface area (Å²) < 4.78 is 13.7. The Hall–Kier alpha value is -1.16. The second-order valence-electron chi connectivity index (χ2n) is 4.19. The zero-order valence-electron chi connectivity index (χ0n) is 9.24. The fourth-order valence-electron chi connectivity index (χ4n) is 2.02. The van der Waals surface area contributed by atoms with E-state index < -0.39 is 0 Å². The largest absolute Gasteiger partial charge is 0.389 e. The van der Waals surface area contributed by atoms with Crippen LogP contribution in [0, 0.1) is 5.82 Å². The van der Waals surface area contributed by atoms with Crippen molar-refractivity contribution in [3.8, 4) is 0 Å². The van der Waals surface area contributed by atoms with E-state index in [1.807, 2.05) is 13.1 Å². The molecule has 0 bridgehead atoms. The van der Waals surface area contributed by atoms with Gasteiger partial charge in [-0.15, -0.1) is 0 Å². The van der Waals surface area contributed by atoms with Gasteiger partial charge in [0.2, 0.25) is 0 Å². The van der Waals surface area contributed by atoms with Gasteiger partial charge < -0.3 is 10.6 Å². The fourth-order valence-corrected chi connectivity index (χ4v) is 2.22. The summed E-state index contributed by atoms with van der Waals surface area (Å²) in [5, 5.41) is 0. The van der Waals surface area contributed by atoms with Gasteiger partial charge in [-0.05, 0) is 31.4 Å². The third-order valence-electron chi connectivity index (χ3n) is 3.24. The maximum atomic E-state index is 13.7. The Kier molecular flexibility index (Phi) is 3.10. The molecule has 1 aromatic rings. The molecule has 0 radical (unpaired) electrons. The molecule has 1 aromatic carbocycles. The van der Waals surface area contributed by atoms with Crippen molar-refractivity contribution in [2.75, 3.05) is 11.9 Å². The van der Waals surface area contributed by atoms with E-state index in [-0.39, 0.29) is 10.8 Å². The first-order valence-electron chi connectivity index (χ1n) is 5.42. The number of halogens is 1. The Balaban J connectivity index is 2.38. The van der Waals surface area contributed by atoms with Gasteiger partial charge in [-0.1, -0.05) is 18.3 Å². The fraction of sp³-hybridized carbons (Fsp3) is 0.417. The molecule has 0 unspecified atom stereocenters. The first-order valence-corrected chi connectivity index (χ1v) is 5.83. The van der Waals surface area contributed by atoms with Gasteiger partial charge in [0.1, 0.15) is 10.8 Å². The number of hydrogen-bond acceptors (Lipinski definition) is 2. The zero-order chi connectivity index (χ0) is 11.7. The van der Waals surface area contributed by atoms with E-state index in [0.29, 0.717) is 11.6 Å². The number of nitrogens with zero attached hydrogens (tertiary/aromatic N) is 1. The van der Waals surface area contributed by atoms with Crippen LogP contribution in [0.2, 0.25) is 0 Å². The van der Waals surface area contributed by atoms with E-state index in [2.05, 4.69) is 4.90 Å². The summed E-state index contributed by atoms with van der Waals surface area (Å²) in [5.41, 5.74) is 6.75. The van der Waals surface area contributed by atoms with Crippen LogP contribution in [0.15, 0.2) is 18.2 Å². The lowest BCUT2D eigenvalue weighted by Gasteiger charge is -2.37. The highest BCUT2D eigenvalue weighted by Gasteiger charge is 2.25. The van der Waals surface area contributed by atoms with Crippen molar-refractivity contribution < 1.29 is 4.39 Å². The maximum absolute atomic E-state index is 13.7. The maximum Gasteiger partial charge on any atom is 0.135 e. The SMILES string of the molecule is CN(c1cccc(F)c1C(N)=S)C1CCC1. The lowest BCUT2D eigenvalue weighted by atomic mass is 9.91. The van der Waals surface area contributed by atoms with Crippen LogP contribution < -0.4 is 10.6 Å². The van der Waals surface area contributed by atoms with E-state index in [0.717, 1.165) is 18.5 Å². The molecule has 1 aliphatic carbocycles. The van der Waals surface area contributed by atoms with Crippen LogP contribution in [0.25, 0.3) is 0 Å². The van der Waals surface area contributed by atoms with Crippen molar-refractivity contribution in [3.63, 3.8) is 0 Å². The molecule has 2 rings (SSSR count). The first-order chi connectivity index (χ1) is 7.61. The molecular weight excluding hydrogens is 223 g/mol. The van der Waals surface area contributed by atoms with E-state index in [4.69, 9.17) is 18.0 Å². The molecular formula is C12H15FN2S. The molecule has 0 spiro atoms. The third-order valence-corrected chi connectivity index (χ3v) is 3.44. The molecule has 0 aliphatic heterocycles. The van der Waals surface area contributed by atoms with Crippen LogP contribution in [0.5, 0.6) is 0 Å². The lowest BCUT2D eigenvalue weighted by molar-refractivity contribution is 0.401. The third kappa shape index (κ3) is 1.89. The summed E-state index contributed by atoms with van der Waals surface area (Å²) in [6.45, 7) is 0. The number of thiocarbonyl (C=S) groups is 1. The van der Waals surface area contributed by atoms with Gasteiger partial charge >= 0.3 is 0 Å². The second kappa shape index (κ2) is 4.37. The lowest BCUT2D eigenvalue weighted by Crippen LogP contribution is -2.38. The number of anilines is 1. The Labute approximate surface area is 100 Å². The van der Waals surface area contributed by atoms with Gasteiger partial charge in [0, 0.05) is 18.8 Å². The van der Waals surface area contributed by atoms with Crippen LogP contribution in [0.1, 0.15) is 24.8 Å². The van der Waals surface area contributed by atoms with E-state index in [1.165, 1.54) is 12.5 Å². The van der Waals surface area contributed by atoms with Crippen molar-refractivity contribution in [2.24, 2.45) is 5.73 Å². The van der Waals surface area contributed by atoms with Gasteiger partial charge in [-0.25, -0.2) is 4.39 Å². The van der Waals surface area contributed by atoms with E-state index in [9.17, 15) is 4.39 Å². The molecule has 0 amide bonds. The summed E-state index contributed by atoms with van der Waals surface area (Å²) in [6.07, 6.45) is 3.56. The summed E-state index contributed by atoms with van der Waals surface area (Å²) in [5.74, 6) is -0.337. The van der Waals surface area contributed by atoms with Crippen molar-refractivity contribution in [3.05, 3.63) is 29.6 Å². The molecule has 1 fully saturated rings. The van der Waals surface area contributed by atoms with Crippen LogP contribution in [-0.2, 0) is 0 Å². The van der Waals surface area contributed by atoms with E-state index in [1.54, 1.807) is 6.07 Å². The highest BCUT2D eigenvalue weighted by Crippen LogP contribution is 2.31. The molecule has 86 valence electrons. The number of hydrogen-bond donors (Lipinski definition) is 1. The minimum absolute atomic E-state index is 0.124. The first kappa shape index (κ1) is 11.3. The van der Waals surface area contributed by atoms with Crippen molar-refractivity contribution >= 4 is 22.9 Å². The minimum atomic E-state index is -0.337. The highest BCUT2D eigenvalue weighted by molar-refractivity contribution is 7.80. The molecule has 0 aromatic heterocycles. The molecule has 2 nitrogen and oxygen atoms in total. The Morgan fingerprint density at radius 2 is 2.19 bits per heavy atom. The van der Waals surface area contributed by atoms with E-state index >= 15 is 0 Å². The molecule has 4 heteroatoms. The average Bonchev–Trinajstić information content (AvgIpc) is 2.13. The monoisotopic (exact) mass is 238 g/mol. The molecule has 2 N–H and O–H groups in total. The Bertz CT molecular complexity index is 415. The standard InChI is InChI=1S/C12H15FN2S/c1-15(8-4-2-5-8)10-7-3-6-9(13)11(10)12(14)16/h3,6-8H,2,4-5H2,1H3,(H2,14,16). The van der Waals surface area contributed by atoms with Gasteiger partial charge in [0.25, 0.3) is 0 Å². The zero-order valence-corrected chi connectivity index (χ0v) is 10.1. The Morgan fingerprint density at radius 1 is 1.50 bits per heavy atom. The second-order valence-corrected chi connectivity index (χ2v) is 4.63. The van der Waals surface area contributed by atoms with Gasteiger partial charge in [-0.2, -0.15) is 0 Å². The van der Waals surface area contributed by atoms with Crippen molar-refractivity contribution in [2.45, 2.75) is 25.3 Å². The van der Waals surface area contributed by atoms with Crippen LogP contribution in [0.4, 0.5) is 10.1 Å². The number of benzene rings is 1. The topological polar surface area (TPSA) is 29.3 Å². The van der Waals surface area contributed by atoms with Gasteiger partial charge in [-0.3, -0.25) is 0 Å². The highest BCUT2D eigenvalue weighted by atomic mass is 32.1. The molecule has 0 saturated heterocycles. The predicted molar refractivity (Wildman–Crippen MR) is 68.3 cm³/mol.